The number of nitrogens with zero attached hydrogens (tertiary/aromatic N) is 6. The highest BCUT2D eigenvalue weighted by atomic mass is 16.6. The summed E-state index contributed by atoms with van der Waals surface area (Å²) in [5.41, 5.74) is 2.83. The van der Waals surface area contributed by atoms with Gasteiger partial charge in [-0.25, -0.2) is 10.2 Å². The van der Waals surface area contributed by atoms with Crippen molar-refractivity contribution in [3.8, 4) is 0 Å². The van der Waals surface area contributed by atoms with Crippen LogP contribution in [0.25, 0.3) is 11.2 Å². The third-order valence-electron chi connectivity index (χ3n) is 4.12. The van der Waals surface area contributed by atoms with Gasteiger partial charge in [0, 0.05) is 38.3 Å². The van der Waals surface area contributed by atoms with E-state index in [1.165, 1.54) is 37.0 Å². The molecular weight excluding hydrogens is 354 g/mol. The Morgan fingerprint density at radius 3 is 2.70 bits per heavy atom. The number of fused-ring (bicyclic) bond motifs is 1. The molecule has 3 rings (SSSR count). The average molecular weight is 371 g/mol. The van der Waals surface area contributed by atoms with Crippen molar-refractivity contribution in [1.82, 2.24) is 18.7 Å². The van der Waals surface area contributed by atoms with Crippen LogP contribution in [0.5, 0.6) is 0 Å². The van der Waals surface area contributed by atoms with Gasteiger partial charge in [0.2, 0.25) is 5.95 Å². The first kappa shape index (κ1) is 18.0. The Morgan fingerprint density at radius 1 is 1.30 bits per heavy atom. The number of aromatic nitrogens is 4. The maximum atomic E-state index is 12.4. The van der Waals surface area contributed by atoms with Gasteiger partial charge < -0.3 is 4.57 Å². The van der Waals surface area contributed by atoms with Crippen molar-refractivity contribution in [2.45, 2.75) is 13.5 Å². The Kier molecular flexibility index (Phi) is 4.59. The number of non-ortho nitro benzene ring substituents is 1. The van der Waals surface area contributed by atoms with E-state index < -0.39 is 16.2 Å². The minimum atomic E-state index is -0.489. The largest absolute Gasteiger partial charge is 0.332 e. The van der Waals surface area contributed by atoms with E-state index in [1.54, 1.807) is 16.7 Å². The van der Waals surface area contributed by atoms with E-state index in [0.29, 0.717) is 12.1 Å². The molecule has 0 spiro atoms. The summed E-state index contributed by atoms with van der Waals surface area (Å²) in [7, 11) is 2.94. The third kappa shape index (κ3) is 3.10. The number of hydrogen-bond acceptors (Lipinski definition) is 7. The Balaban J connectivity index is 2.01. The number of nitro benzene ring substituents is 1. The number of anilines is 1. The van der Waals surface area contributed by atoms with Crippen LogP contribution in [0.1, 0.15) is 12.5 Å². The first-order chi connectivity index (χ1) is 12.8. The van der Waals surface area contributed by atoms with Gasteiger partial charge in [0.05, 0.1) is 11.1 Å². The first-order valence-electron chi connectivity index (χ1n) is 8.05. The molecule has 1 aromatic carbocycles. The molecule has 0 atom stereocenters. The maximum absolute atomic E-state index is 12.4. The van der Waals surface area contributed by atoms with Crippen molar-refractivity contribution in [1.29, 1.82) is 0 Å². The van der Waals surface area contributed by atoms with E-state index in [4.69, 9.17) is 0 Å². The maximum Gasteiger partial charge on any atom is 0.332 e. The van der Waals surface area contributed by atoms with Crippen LogP contribution in [0.15, 0.2) is 39.0 Å². The lowest BCUT2D eigenvalue weighted by atomic mass is 10.2. The first-order valence-corrected chi connectivity index (χ1v) is 8.05. The number of imidazole rings is 1. The van der Waals surface area contributed by atoms with Gasteiger partial charge in [-0.05, 0) is 6.92 Å². The van der Waals surface area contributed by atoms with Crippen molar-refractivity contribution >= 4 is 29.0 Å². The fourth-order valence-electron chi connectivity index (χ4n) is 2.72. The Hall–Kier alpha value is -3.76. The molecule has 11 heteroatoms. The molecule has 0 saturated heterocycles. The molecule has 0 radical (unpaired) electrons. The second kappa shape index (κ2) is 6.86. The monoisotopic (exact) mass is 371 g/mol. The molecule has 0 amide bonds. The Bertz CT molecular complexity index is 1190. The van der Waals surface area contributed by atoms with Crippen LogP contribution >= 0.6 is 0 Å². The number of benzene rings is 1. The van der Waals surface area contributed by atoms with Gasteiger partial charge in [-0.15, -0.1) is 0 Å². The van der Waals surface area contributed by atoms with E-state index in [0.717, 1.165) is 4.57 Å². The fourth-order valence-corrected chi connectivity index (χ4v) is 2.72. The molecule has 0 fully saturated rings. The van der Waals surface area contributed by atoms with Crippen LogP contribution in [0.3, 0.4) is 0 Å². The second-order valence-electron chi connectivity index (χ2n) is 5.78. The van der Waals surface area contributed by atoms with E-state index in [1.807, 2.05) is 6.92 Å². The molecule has 2 aromatic heterocycles. The topological polar surface area (TPSA) is 129 Å². The molecule has 140 valence electrons. The number of hydrazone groups is 1. The molecule has 0 aliphatic rings. The molecule has 0 unspecified atom stereocenters. The van der Waals surface area contributed by atoms with Gasteiger partial charge in [-0.3, -0.25) is 24.0 Å². The third-order valence-corrected chi connectivity index (χ3v) is 4.12. The quantitative estimate of drug-likeness (QED) is 0.401. The molecule has 2 heterocycles. The lowest BCUT2D eigenvalue weighted by molar-refractivity contribution is -0.384. The fraction of sp³-hybridized carbons (Fsp3) is 0.250. The van der Waals surface area contributed by atoms with Crippen LogP contribution in [0, 0.1) is 10.1 Å². The zero-order chi connectivity index (χ0) is 19.7. The minimum absolute atomic E-state index is 0.0433. The number of hydrogen-bond donors (Lipinski definition) is 1. The Labute approximate surface area is 152 Å². The summed E-state index contributed by atoms with van der Waals surface area (Å²) < 4.78 is 3.92. The molecule has 27 heavy (non-hydrogen) atoms. The summed E-state index contributed by atoms with van der Waals surface area (Å²) in [6.07, 6.45) is 1.41. The van der Waals surface area contributed by atoms with Crippen molar-refractivity contribution in [2.75, 3.05) is 5.43 Å². The lowest BCUT2D eigenvalue weighted by Crippen LogP contribution is -2.37. The van der Waals surface area contributed by atoms with Crippen LogP contribution < -0.4 is 16.7 Å². The average Bonchev–Trinajstić information content (AvgIpc) is 3.03. The number of nitro groups is 1. The smallest absolute Gasteiger partial charge is 0.303 e. The van der Waals surface area contributed by atoms with Crippen molar-refractivity contribution in [2.24, 2.45) is 19.2 Å². The predicted octanol–water partition coefficient (Wildman–Crippen LogP) is 0.808. The van der Waals surface area contributed by atoms with Crippen LogP contribution in [0.2, 0.25) is 0 Å². The Morgan fingerprint density at radius 2 is 2.04 bits per heavy atom. The molecule has 0 bridgehead atoms. The number of rotatable bonds is 5. The molecule has 0 aliphatic heterocycles. The van der Waals surface area contributed by atoms with Crippen molar-refractivity contribution < 1.29 is 4.92 Å². The van der Waals surface area contributed by atoms with E-state index >= 15 is 0 Å². The van der Waals surface area contributed by atoms with Crippen LogP contribution in [-0.2, 0) is 20.6 Å². The zero-order valence-corrected chi connectivity index (χ0v) is 14.9. The van der Waals surface area contributed by atoms with Crippen LogP contribution in [0.4, 0.5) is 11.6 Å². The molecule has 3 aromatic rings. The number of nitrogens with one attached hydrogen (secondary N) is 1. The van der Waals surface area contributed by atoms with E-state index in [-0.39, 0.29) is 22.8 Å². The molecule has 1 N–H and O–H groups in total. The van der Waals surface area contributed by atoms with Gasteiger partial charge >= 0.3 is 5.69 Å². The van der Waals surface area contributed by atoms with Crippen molar-refractivity contribution in [3.05, 3.63) is 60.8 Å². The summed E-state index contributed by atoms with van der Waals surface area (Å²) in [4.78, 5) is 39.2. The highest BCUT2D eigenvalue weighted by molar-refractivity contribution is 5.81. The van der Waals surface area contributed by atoms with Gasteiger partial charge in [-0.1, -0.05) is 12.1 Å². The van der Waals surface area contributed by atoms with Crippen LogP contribution in [-0.4, -0.2) is 29.8 Å². The van der Waals surface area contributed by atoms with Gasteiger partial charge in [0.1, 0.15) is 0 Å². The molecule has 0 aliphatic carbocycles. The highest BCUT2D eigenvalue weighted by Gasteiger charge is 2.17. The summed E-state index contributed by atoms with van der Waals surface area (Å²) in [6, 6.07) is 5.99. The van der Waals surface area contributed by atoms with Crippen molar-refractivity contribution in [3.63, 3.8) is 0 Å². The van der Waals surface area contributed by atoms with E-state index in [9.17, 15) is 19.7 Å². The van der Waals surface area contributed by atoms with Gasteiger partial charge in [0.15, 0.2) is 11.2 Å². The lowest BCUT2D eigenvalue weighted by Gasteiger charge is -2.05. The summed E-state index contributed by atoms with van der Waals surface area (Å²) in [5, 5.41) is 14.9. The summed E-state index contributed by atoms with van der Waals surface area (Å²) in [6.45, 7) is 2.26. The zero-order valence-electron chi connectivity index (χ0n) is 14.9. The van der Waals surface area contributed by atoms with E-state index in [2.05, 4.69) is 15.5 Å². The SMILES string of the molecule is CCn1c(NN=Cc2cccc([N+](=O)[O-])c2)nc2c1c(=O)n(C)c(=O)n2C. The van der Waals surface area contributed by atoms with Gasteiger partial charge in [-0.2, -0.15) is 10.1 Å². The second-order valence-corrected chi connectivity index (χ2v) is 5.78. The normalized spacial score (nSPS) is 11.4. The highest BCUT2D eigenvalue weighted by Crippen LogP contribution is 2.15. The molecular formula is C16H17N7O4. The molecule has 11 nitrogen and oxygen atoms in total. The standard InChI is InChI=1S/C16H17N7O4/c1-4-22-12-13(20(2)16(25)21(3)14(12)24)18-15(22)19-17-9-10-6-5-7-11(8-10)23(26)27/h5-9H,4H2,1-3H3,(H,18,19). The predicted molar refractivity (Wildman–Crippen MR) is 100 cm³/mol. The minimum Gasteiger partial charge on any atom is -0.303 e. The molecule has 0 saturated carbocycles. The number of aryl methyl sites for hydroxylation is 2. The summed E-state index contributed by atoms with van der Waals surface area (Å²) in [5.74, 6) is 0.285. The summed E-state index contributed by atoms with van der Waals surface area (Å²) >= 11 is 0. The van der Waals surface area contributed by atoms with Gasteiger partial charge in [0.25, 0.3) is 11.2 Å².